The summed E-state index contributed by atoms with van der Waals surface area (Å²) in [5.74, 6) is 3.51. The van der Waals surface area contributed by atoms with Crippen LogP contribution in [0.1, 0.15) is 38.3 Å². The summed E-state index contributed by atoms with van der Waals surface area (Å²) in [5.41, 5.74) is 14.6. The maximum Gasteiger partial charge on any atom is 0.129 e. The van der Waals surface area contributed by atoms with Crippen LogP contribution in [0.15, 0.2) is 53.9 Å². The van der Waals surface area contributed by atoms with Crippen LogP contribution in [0.3, 0.4) is 0 Å². The summed E-state index contributed by atoms with van der Waals surface area (Å²) < 4.78 is 0. The molecule has 0 saturated heterocycles. The van der Waals surface area contributed by atoms with Crippen molar-refractivity contribution in [3.8, 4) is 32.3 Å². The van der Waals surface area contributed by atoms with Gasteiger partial charge in [0.15, 0.2) is 0 Å². The minimum Gasteiger partial charge on any atom is -0.144 e. The normalized spacial score (nSPS) is 12.7. The van der Waals surface area contributed by atoms with Crippen molar-refractivity contribution in [2.75, 3.05) is 0 Å². The van der Waals surface area contributed by atoms with Crippen molar-refractivity contribution in [3.63, 3.8) is 0 Å². The number of benzene rings is 2. The van der Waals surface area contributed by atoms with Gasteiger partial charge in [0.25, 0.3) is 0 Å². The van der Waals surface area contributed by atoms with Crippen LogP contribution in [0.5, 0.6) is 0 Å². The molecule has 2 heterocycles. The Hall–Kier alpha value is -2.30. The molecule has 0 nitrogen and oxygen atoms in total. The highest BCUT2D eigenvalue weighted by Crippen LogP contribution is 2.47. The second-order valence-electron chi connectivity index (χ2n) is 11.8. The first-order valence-electron chi connectivity index (χ1n) is 13.7. The molecule has 40 heavy (non-hydrogen) atoms. The van der Waals surface area contributed by atoms with Crippen LogP contribution in [-0.4, -0.2) is 8.07 Å². The van der Waals surface area contributed by atoms with Crippen LogP contribution in [0.25, 0.3) is 20.9 Å². The average Bonchev–Trinajstić information content (AvgIpc) is 3.52. The molecule has 0 unspecified atom stereocenters. The summed E-state index contributed by atoms with van der Waals surface area (Å²) >= 11 is 3.70. The van der Waals surface area contributed by atoms with Gasteiger partial charge in [0.05, 0.1) is 4.88 Å². The third kappa shape index (κ3) is 6.13. The Balaban J connectivity index is 1.85. The first-order valence-corrected chi connectivity index (χ1v) is 20.7. The van der Waals surface area contributed by atoms with Crippen molar-refractivity contribution >= 4 is 57.8 Å². The van der Waals surface area contributed by atoms with E-state index < -0.39 is 8.07 Å². The van der Waals surface area contributed by atoms with Gasteiger partial charge < -0.3 is 0 Å². The largest absolute Gasteiger partial charge is 0.144 e. The standard InChI is InChI=1S/C35H36P2S2Si/c1-21-17-23(3)32(24(4)18-21)36-34-30(28-11-10-15-38-28)31(29-13-12-27(39-29)14-16-40(7,8)9)35(34)37-33-25(5)19-22(2)20-26(33)6/h10-13,15,17-20H,1-9H3. The molecular formula is C35H36P2S2Si. The summed E-state index contributed by atoms with van der Waals surface area (Å²) in [7, 11) is 1.16. The van der Waals surface area contributed by atoms with Gasteiger partial charge in [-0.1, -0.05) is 83.4 Å². The van der Waals surface area contributed by atoms with Gasteiger partial charge >= 0.3 is 0 Å². The molecular weight excluding hydrogens is 575 g/mol. The molecule has 0 amide bonds. The number of hydrogen-bond donors (Lipinski definition) is 0. The van der Waals surface area contributed by atoms with Gasteiger partial charge in [-0.3, -0.25) is 0 Å². The quantitative estimate of drug-likeness (QED) is 0.108. The van der Waals surface area contributed by atoms with Crippen molar-refractivity contribution < 1.29 is 0 Å². The molecule has 0 fully saturated rings. The maximum absolute atomic E-state index is 3.57. The van der Waals surface area contributed by atoms with E-state index in [1.807, 2.05) is 22.7 Å². The molecule has 0 bridgehead atoms. The number of thiophene rings is 2. The summed E-state index contributed by atoms with van der Waals surface area (Å²) in [5, 5.41) is 5.08. The lowest BCUT2D eigenvalue weighted by Gasteiger charge is -2.17. The Morgan fingerprint density at radius 1 is 0.650 bits per heavy atom. The first kappa shape index (κ1) is 29.2. The molecule has 0 saturated carbocycles. The summed E-state index contributed by atoms with van der Waals surface area (Å²) in [6, 6.07) is 18.3. The van der Waals surface area contributed by atoms with Gasteiger partial charge in [-0.25, -0.2) is 0 Å². The number of aryl methyl sites for hydroxylation is 6. The molecule has 0 spiro atoms. The van der Waals surface area contributed by atoms with E-state index in [-0.39, 0.29) is 0 Å². The van der Waals surface area contributed by atoms with E-state index in [9.17, 15) is 0 Å². The highest BCUT2D eigenvalue weighted by Gasteiger charge is 2.22. The molecule has 202 valence electrons. The minimum absolute atomic E-state index is 1.17. The van der Waals surface area contributed by atoms with Crippen molar-refractivity contribution in [1.82, 2.24) is 0 Å². The van der Waals surface area contributed by atoms with Crippen molar-refractivity contribution in [3.05, 3.63) is 102 Å². The van der Waals surface area contributed by atoms with Gasteiger partial charge in [-0.15, -0.1) is 28.2 Å². The smallest absolute Gasteiger partial charge is 0.129 e. The zero-order chi connectivity index (χ0) is 28.8. The molecule has 0 radical (unpaired) electrons. The molecule has 5 heteroatoms. The van der Waals surface area contributed by atoms with E-state index in [4.69, 9.17) is 0 Å². The molecule has 5 aromatic rings. The van der Waals surface area contributed by atoms with Crippen molar-refractivity contribution in [1.29, 1.82) is 0 Å². The molecule has 3 aromatic carbocycles. The minimum atomic E-state index is -1.44. The van der Waals surface area contributed by atoms with Gasteiger partial charge in [0.2, 0.25) is 0 Å². The fourth-order valence-electron chi connectivity index (χ4n) is 5.24. The lowest BCUT2D eigenvalue weighted by Crippen LogP contribution is -2.16. The van der Waals surface area contributed by atoms with E-state index in [1.54, 1.807) is 0 Å². The average molecular weight is 611 g/mol. The second kappa shape index (κ2) is 11.5. The maximum atomic E-state index is 3.57. The Bertz CT molecular complexity index is 1850. The third-order valence-corrected chi connectivity index (χ3v) is 13.0. The predicted molar refractivity (Wildman–Crippen MR) is 187 cm³/mol. The number of rotatable bonds is 4. The van der Waals surface area contributed by atoms with Gasteiger partial charge in [-0.2, -0.15) is 0 Å². The fourth-order valence-corrected chi connectivity index (χ4v) is 10.5. The van der Waals surface area contributed by atoms with Crippen molar-refractivity contribution in [2.24, 2.45) is 0 Å². The van der Waals surface area contributed by atoms with Crippen LogP contribution in [0.2, 0.25) is 19.6 Å². The summed E-state index contributed by atoms with van der Waals surface area (Å²) in [6.07, 6.45) is 0. The van der Waals surface area contributed by atoms with Crippen LogP contribution < -0.4 is 10.6 Å². The van der Waals surface area contributed by atoms with Crippen molar-refractivity contribution in [2.45, 2.75) is 61.2 Å². The molecule has 0 N–H and O–H groups in total. The second-order valence-corrected chi connectivity index (χ2v) is 20.8. The Labute approximate surface area is 252 Å². The molecule has 2 aromatic heterocycles. The highest BCUT2D eigenvalue weighted by atomic mass is 32.1. The number of hydrogen-bond acceptors (Lipinski definition) is 2. The Morgan fingerprint density at radius 2 is 1.15 bits per heavy atom. The SMILES string of the molecule is Cc1cc(C)c(P=c2c(-c3cccs3)c(-c3ccc(C#C[Si](C)(C)C)s3)c2=Pc2c(C)cc(C)cc2C)c(C)c1. The van der Waals surface area contributed by atoms with E-state index >= 15 is 0 Å². The molecule has 0 aliphatic heterocycles. The van der Waals surface area contributed by atoms with Crippen LogP contribution >= 0.6 is 39.1 Å². The Kier molecular flexibility index (Phi) is 8.41. The van der Waals surface area contributed by atoms with Crippen LogP contribution in [0.4, 0.5) is 0 Å². The molecule has 0 aliphatic carbocycles. The topological polar surface area (TPSA) is 0 Å². The lowest BCUT2D eigenvalue weighted by molar-refractivity contribution is 1.36. The Morgan fingerprint density at radius 3 is 1.60 bits per heavy atom. The predicted octanol–water partition coefficient (Wildman–Crippen LogP) is 10.7. The van der Waals surface area contributed by atoms with Gasteiger partial charge in [-0.05, 0) is 87.4 Å². The molecule has 0 atom stereocenters. The van der Waals surface area contributed by atoms with Crippen LogP contribution in [-0.2, 0) is 0 Å². The molecule has 5 rings (SSSR count). The highest BCUT2D eigenvalue weighted by molar-refractivity contribution is 7.42. The monoisotopic (exact) mass is 610 g/mol. The van der Waals surface area contributed by atoms with Crippen LogP contribution in [0, 0.1) is 62.9 Å². The molecule has 0 aliphatic rings. The lowest BCUT2D eigenvalue weighted by atomic mass is 9.99. The van der Waals surface area contributed by atoms with E-state index in [0.29, 0.717) is 0 Å². The van der Waals surface area contributed by atoms with E-state index in [2.05, 4.69) is 127 Å². The van der Waals surface area contributed by atoms with E-state index in [1.165, 1.54) is 96.0 Å². The van der Waals surface area contributed by atoms with Gasteiger partial charge in [0, 0.05) is 41.4 Å². The fraction of sp³-hybridized carbons (Fsp3) is 0.257. The summed E-state index contributed by atoms with van der Waals surface area (Å²) in [4.78, 5) is 6.80. The summed E-state index contributed by atoms with van der Waals surface area (Å²) in [6.45, 7) is 20.4. The first-order chi connectivity index (χ1) is 18.9. The van der Waals surface area contributed by atoms with Gasteiger partial charge in [0.1, 0.15) is 8.07 Å². The zero-order valence-electron chi connectivity index (χ0n) is 24.9. The zero-order valence-corrected chi connectivity index (χ0v) is 29.3. The third-order valence-electron chi connectivity index (χ3n) is 6.85. The van der Waals surface area contributed by atoms with E-state index in [0.717, 1.165) is 0 Å².